The molecule has 0 atom stereocenters. The number of nitrogens with one attached hydrogen (secondary N) is 1. The lowest BCUT2D eigenvalue weighted by Crippen LogP contribution is -2.41. The Labute approximate surface area is 126 Å². The van der Waals surface area contributed by atoms with Crippen molar-refractivity contribution < 1.29 is 9.53 Å². The van der Waals surface area contributed by atoms with Gasteiger partial charge in [-0.05, 0) is 43.6 Å². The molecule has 0 aliphatic carbocycles. The van der Waals surface area contributed by atoms with E-state index in [1.54, 1.807) is 7.05 Å². The highest BCUT2D eigenvalue weighted by Gasteiger charge is 2.23. The molecule has 116 valence electrons. The lowest BCUT2D eigenvalue weighted by Gasteiger charge is -2.30. The summed E-state index contributed by atoms with van der Waals surface area (Å²) in [6.07, 6.45) is 1.87. The van der Waals surface area contributed by atoms with Crippen LogP contribution in [0.4, 0.5) is 0 Å². The predicted molar refractivity (Wildman–Crippen MR) is 83.1 cm³/mol. The highest BCUT2D eigenvalue weighted by atomic mass is 16.5. The van der Waals surface area contributed by atoms with Crippen LogP contribution in [-0.2, 0) is 11.3 Å². The minimum atomic E-state index is 0.172. The van der Waals surface area contributed by atoms with Gasteiger partial charge in [-0.15, -0.1) is 0 Å². The average molecular weight is 291 g/mol. The molecule has 1 amide bonds. The van der Waals surface area contributed by atoms with Gasteiger partial charge in [-0.2, -0.15) is 0 Å². The fourth-order valence-electron chi connectivity index (χ4n) is 2.64. The van der Waals surface area contributed by atoms with E-state index in [0.717, 1.165) is 43.8 Å². The maximum Gasteiger partial charge on any atom is 0.222 e. The first-order chi connectivity index (χ1) is 10.2. The van der Waals surface area contributed by atoms with Gasteiger partial charge in [0.15, 0.2) is 0 Å². The maximum absolute atomic E-state index is 11.6. The fraction of sp³-hybridized carbons (Fsp3) is 0.562. The molecule has 0 spiro atoms. The van der Waals surface area contributed by atoms with Gasteiger partial charge in [0.05, 0.1) is 0 Å². The summed E-state index contributed by atoms with van der Waals surface area (Å²) >= 11 is 0. The van der Waals surface area contributed by atoms with E-state index >= 15 is 0 Å². The van der Waals surface area contributed by atoms with E-state index < -0.39 is 0 Å². The van der Waals surface area contributed by atoms with Crippen molar-refractivity contribution in [1.82, 2.24) is 10.2 Å². The summed E-state index contributed by atoms with van der Waals surface area (Å²) in [5, 5.41) is 2.73. The third kappa shape index (κ3) is 4.72. The Morgan fingerprint density at radius 1 is 1.33 bits per heavy atom. The number of likely N-dealkylation sites (tertiary alicyclic amines) is 1. The second-order valence-electron chi connectivity index (χ2n) is 5.43. The van der Waals surface area contributed by atoms with E-state index in [4.69, 9.17) is 10.5 Å². The lowest BCUT2D eigenvalue weighted by atomic mass is 9.96. The van der Waals surface area contributed by atoms with Crippen LogP contribution in [0.5, 0.6) is 5.75 Å². The standard InChI is InChI=1S/C16H25N3O2/c1-18-16(20)14-6-8-19(9-7-14)10-11-21-15-4-2-13(12-17)3-5-15/h2-5,14H,6-12,17H2,1H3,(H,18,20). The number of nitrogens with two attached hydrogens (primary N) is 1. The molecule has 1 fully saturated rings. The number of amides is 1. The normalized spacial score (nSPS) is 16.7. The Morgan fingerprint density at radius 3 is 2.57 bits per heavy atom. The molecule has 1 aromatic rings. The van der Waals surface area contributed by atoms with Gasteiger partial charge < -0.3 is 15.8 Å². The van der Waals surface area contributed by atoms with E-state index in [2.05, 4.69) is 10.2 Å². The van der Waals surface area contributed by atoms with Gasteiger partial charge in [0.1, 0.15) is 12.4 Å². The van der Waals surface area contributed by atoms with Gasteiger partial charge in [-0.25, -0.2) is 0 Å². The molecule has 21 heavy (non-hydrogen) atoms. The number of piperidine rings is 1. The predicted octanol–water partition coefficient (Wildman–Crippen LogP) is 0.982. The van der Waals surface area contributed by atoms with E-state index in [9.17, 15) is 4.79 Å². The molecule has 2 rings (SSSR count). The van der Waals surface area contributed by atoms with Gasteiger partial charge >= 0.3 is 0 Å². The summed E-state index contributed by atoms with van der Waals surface area (Å²) in [5.41, 5.74) is 6.67. The van der Waals surface area contributed by atoms with Gasteiger partial charge in [0.2, 0.25) is 5.91 Å². The zero-order valence-corrected chi connectivity index (χ0v) is 12.7. The van der Waals surface area contributed by atoms with Crippen LogP contribution in [0.3, 0.4) is 0 Å². The Morgan fingerprint density at radius 2 is 2.00 bits per heavy atom. The number of ether oxygens (including phenoxy) is 1. The molecule has 3 N–H and O–H groups in total. The monoisotopic (exact) mass is 291 g/mol. The largest absolute Gasteiger partial charge is 0.492 e. The molecule has 0 unspecified atom stereocenters. The van der Waals surface area contributed by atoms with Crippen molar-refractivity contribution >= 4 is 5.91 Å². The van der Waals surface area contributed by atoms with Crippen LogP contribution in [0.1, 0.15) is 18.4 Å². The quantitative estimate of drug-likeness (QED) is 0.820. The summed E-state index contributed by atoms with van der Waals surface area (Å²) in [6.45, 7) is 4.06. The number of carbonyl (C=O) groups is 1. The van der Waals surface area contributed by atoms with Crippen molar-refractivity contribution in [3.05, 3.63) is 29.8 Å². The maximum atomic E-state index is 11.6. The summed E-state index contributed by atoms with van der Waals surface area (Å²) in [7, 11) is 1.71. The fourth-order valence-corrected chi connectivity index (χ4v) is 2.64. The van der Waals surface area contributed by atoms with Crippen molar-refractivity contribution in [2.24, 2.45) is 11.7 Å². The first-order valence-corrected chi connectivity index (χ1v) is 7.58. The second-order valence-corrected chi connectivity index (χ2v) is 5.43. The van der Waals surface area contributed by atoms with Crippen LogP contribution in [-0.4, -0.2) is 44.1 Å². The Kier molecular flexibility index (Phi) is 6.02. The Bertz CT molecular complexity index is 439. The van der Waals surface area contributed by atoms with Crippen LogP contribution >= 0.6 is 0 Å². The molecular formula is C16H25N3O2. The summed E-state index contributed by atoms with van der Waals surface area (Å²) in [4.78, 5) is 13.9. The highest BCUT2D eigenvalue weighted by Crippen LogP contribution is 2.17. The highest BCUT2D eigenvalue weighted by molar-refractivity contribution is 5.78. The number of benzene rings is 1. The SMILES string of the molecule is CNC(=O)C1CCN(CCOc2ccc(CN)cc2)CC1. The molecule has 0 bridgehead atoms. The number of hydrogen-bond donors (Lipinski definition) is 2. The molecule has 1 aliphatic rings. The molecule has 5 nitrogen and oxygen atoms in total. The van der Waals surface area contributed by atoms with Gasteiger partial charge in [-0.3, -0.25) is 9.69 Å². The number of carbonyl (C=O) groups excluding carboxylic acids is 1. The van der Waals surface area contributed by atoms with E-state index in [0.29, 0.717) is 13.2 Å². The zero-order chi connectivity index (χ0) is 15.1. The Hall–Kier alpha value is -1.59. The van der Waals surface area contributed by atoms with Crippen molar-refractivity contribution in [1.29, 1.82) is 0 Å². The van der Waals surface area contributed by atoms with Crippen LogP contribution < -0.4 is 15.8 Å². The second kappa shape index (κ2) is 8.00. The molecule has 1 aliphatic heterocycles. The van der Waals surface area contributed by atoms with Gasteiger partial charge in [0, 0.05) is 26.1 Å². The minimum absolute atomic E-state index is 0.172. The third-order valence-electron chi connectivity index (χ3n) is 4.04. The first-order valence-electron chi connectivity index (χ1n) is 7.58. The van der Waals surface area contributed by atoms with Crippen molar-refractivity contribution in [3.8, 4) is 5.75 Å². The topological polar surface area (TPSA) is 67.6 Å². The molecule has 5 heteroatoms. The van der Waals surface area contributed by atoms with E-state index in [-0.39, 0.29) is 11.8 Å². The van der Waals surface area contributed by atoms with Crippen molar-refractivity contribution in [2.75, 3.05) is 33.3 Å². The average Bonchev–Trinajstić information content (AvgIpc) is 2.55. The number of nitrogens with zero attached hydrogens (tertiary/aromatic N) is 1. The minimum Gasteiger partial charge on any atom is -0.492 e. The molecule has 1 aromatic carbocycles. The van der Waals surface area contributed by atoms with Crippen LogP contribution in [0.25, 0.3) is 0 Å². The third-order valence-corrected chi connectivity index (χ3v) is 4.04. The molecule has 0 aromatic heterocycles. The Balaban J connectivity index is 1.66. The van der Waals surface area contributed by atoms with Crippen molar-refractivity contribution in [2.45, 2.75) is 19.4 Å². The smallest absolute Gasteiger partial charge is 0.222 e. The lowest BCUT2D eigenvalue weighted by molar-refractivity contribution is -0.125. The zero-order valence-electron chi connectivity index (χ0n) is 12.7. The van der Waals surface area contributed by atoms with E-state index in [1.165, 1.54) is 0 Å². The number of rotatable bonds is 6. The summed E-state index contributed by atoms with van der Waals surface area (Å²) < 4.78 is 5.74. The van der Waals surface area contributed by atoms with Crippen LogP contribution in [0.15, 0.2) is 24.3 Å². The van der Waals surface area contributed by atoms with Gasteiger partial charge in [-0.1, -0.05) is 12.1 Å². The molecule has 0 saturated carbocycles. The van der Waals surface area contributed by atoms with Crippen molar-refractivity contribution in [3.63, 3.8) is 0 Å². The summed E-state index contributed by atoms with van der Waals surface area (Å²) in [5.74, 6) is 1.23. The molecule has 0 radical (unpaired) electrons. The summed E-state index contributed by atoms with van der Waals surface area (Å²) in [6, 6.07) is 7.90. The van der Waals surface area contributed by atoms with Crippen LogP contribution in [0, 0.1) is 5.92 Å². The van der Waals surface area contributed by atoms with E-state index in [1.807, 2.05) is 24.3 Å². The first kappa shape index (κ1) is 15.8. The van der Waals surface area contributed by atoms with Gasteiger partial charge in [0.25, 0.3) is 0 Å². The molecule has 1 heterocycles. The van der Waals surface area contributed by atoms with Crippen LogP contribution in [0.2, 0.25) is 0 Å². The molecule has 1 saturated heterocycles. The molecular weight excluding hydrogens is 266 g/mol. The number of hydrogen-bond acceptors (Lipinski definition) is 4.